The number of ether oxygens (including phenoxy) is 1. The first-order valence-electron chi connectivity index (χ1n) is 7.71. The van der Waals surface area contributed by atoms with Gasteiger partial charge in [-0.2, -0.15) is 0 Å². The highest BCUT2D eigenvalue weighted by Gasteiger charge is 2.30. The third-order valence-electron chi connectivity index (χ3n) is 4.12. The monoisotopic (exact) mass is 285 g/mol. The summed E-state index contributed by atoms with van der Waals surface area (Å²) in [4.78, 5) is 14.0. The van der Waals surface area contributed by atoms with E-state index >= 15 is 0 Å². The third-order valence-corrected chi connectivity index (χ3v) is 4.12. The fraction of sp³-hybridized carbons (Fsp3) is 0.933. The summed E-state index contributed by atoms with van der Waals surface area (Å²) in [6.07, 6.45) is 3.99. The van der Waals surface area contributed by atoms with Gasteiger partial charge >= 0.3 is 0 Å². The molecule has 0 bridgehead atoms. The van der Waals surface area contributed by atoms with E-state index in [-0.39, 0.29) is 11.9 Å². The number of nitrogens with one attached hydrogen (secondary N) is 1. The molecule has 3 N–H and O–H groups in total. The molecule has 1 amide bonds. The van der Waals surface area contributed by atoms with Crippen molar-refractivity contribution in [1.82, 2.24) is 10.2 Å². The van der Waals surface area contributed by atoms with Crippen molar-refractivity contribution in [2.24, 2.45) is 5.73 Å². The lowest BCUT2D eigenvalue weighted by molar-refractivity contribution is -0.124. The van der Waals surface area contributed by atoms with Crippen molar-refractivity contribution in [1.29, 1.82) is 0 Å². The maximum Gasteiger partial charge on any atom is 0.237 e. The summed E-state index contributed by atoms with van der Waals surface area (Å²) < 4.78 is 5.40. The Kier molecular flexibility index (Phi) is 6.92. The highest BCUT2D eigenvalue weighted by atomic mass is 16.5. The van der Waals surface area contributed by atoms with E-state index in [2.05, 4.69) is 17.3 Å². The van der Waals surface area contributed by atoms with E-state index in [1.807, 2.05) is 20.8 Å². The number of amides is 1. The number of carbonyl (C=O) groups is 1. The smallest absolute Gasteiger partial charge is 0.237 e. The van der Waals surface area contributed by atoms with Gasteiger partial charge in [-0.05, 0) is 60.0 Å². The Morgan fingerprint density at radius 2 is 2.20 bits per heavy atom. The van der Waals surface area contributed by atoms with Gasteiger partial charge in [-0.1, -0.05) is 0 Å². The molecule has 0 saturated carbocycles. The maximum atomic E-state index is 11.6. The molecule has 0 aromatic rings. The molecule has 118 valence electrons. The zero-order chi connectivity index (χ0) is 15.2. The Bertz CT molecular complexity index is 303. The standard InChI is InChI=1S/C15H31N3O2/c1-12(2)17-15(3,14(16)19)8-5-6-9-18(4)13-7-10-20-11-13/h12-13,17H,5-11H2,1-4H3,(H2,16,19). The highest BCUT2D eigenvalue weighted by molar-refractivity contribution is 5.84. The Labute approximate surface area is 123 Å². The van der Waals surface area contributed by atoms with Gasteiger partial charge in [-0.15, -0.1) is 0 Å². The number of unbranched alkanes of at least 4 members (excludes halogenated alkanes) is 1. The van der Waals surface area contributed by atoms with Crippen LogP contribution in [0.3, 0.4) is 0 Å². The predicted molar refractivity (Wildman–Crippen MR) is 81.6 cm³/mol. The van der Waals surface area contributed by atoms with Gasteiger partial charge in [0.05, 0.1) is 12.1 Å². The fourth-order valence-electron chi connectivity index (χ4n) is 2.80. The lowest BCUT2D eigenvalue weighted by Gasteiger charge is -2.30. The molecule has 0 aromatic carbocycles. The van der Waals surface area contributed by atoms with Crippen LogP contribution in [0.15, 0.2) is 0 Å². The van der Waals surface area contributed by atoms with Crippen molar-refractivity contribution in [3.8, 4) is 0 Å². The molecule has 1 rings (SSSR count). The lowest BCUT2D eigenvalue weighted by atomic mass is 9.93. The van der Waals surface area contributed by atoms with Crippen molar-refractivity contribution < 1.29 is 9.53 Å². The van der Waals surface area contributed by atoms with Crippen molar-refractivity contribution in [2.75, 3.05) is 26.8 Å². The van der Waals surface area contributed by atoms with Crippen LogP contribution in [0.5, 0.6) is 0 Å². The zero-order valence-corrected chi connectivity index (χ0v) is 13.4. The van der Waals surface area contributed by atoms with Gasteiger partial charge in [0.15, 0.2) is 0 Å². The van der Waals surface area contributed by atoms with Crippen molar-refractivity contribution >= 4 is 5.91 Å². The minimum absolute atomic E-state index is 0.255. The van der Waals surface area contributed by atoms with E-state index in [0.717, 1.165) is 45.4 Å². The van der Waals surface area contributed by atoms with Gasteiger partial charge in [-0.25, -0.2) is 0 Å². The van der Waals surface area contributed by atoms with Crippen molar-refractivity contribution in [3.05, 3.63) is 0 Å². The molecule has 20 heavy (non-hydrogen) atoms. The van der Waals surface area contributed by atoms with E-state index in [1.165, 1.54) is 0 Å². The van der Waals surface area contributed by atoms with Gasteiger partial charge < -0.3 is 20.7 Å². The Morgan fingerprint density at radius 3 is 2.70 bits per heavy atom. The van der Waals surface area contributed by atoms with Crippen LogP contribution in [0.2, 0.25) is 0 Å². The lowest BCUT2D eigenvalue weighted by Crippen LogP contribution is -2.55. The summed E-state index contributed by atoms with van der Waals surface area (Å²) in [5.74, 6) is -0.260. The van der Waals surface area contributed by atoms with Crippen LogP contribution in [0.4, 0.5) is 0 Å². The Balaban J connectivity index is 2.28. The molecule has 2 unspecified atom stereocenters. The summed E-state index contributed by atoms with van der Waals surface area (Å²) in [5, 5.41) is 3.29. The Hall–Kier alpha value is -0.650. The van der Waals surface area contributed by atoms with Gasteiger partial charge in [0.25, 0.3) is 0 Å². The van der Waals surface area contributed by atoms with E-state index in [1.54, 1.807) is 0 Å². The first-order chi connectivity index (χ1) is 9.35. The molecule has 0 spiro atoms. The number of likely N-dealkylation sites (N-methyl/N-ethyl adjacent to an activating group) is 1. The summed E-state index contributed by atoms with van der Waals surface area (Å²) >= 11 is 0. The predicted octanol–water partition coefficient (Wildman–Crippen LogP) is 1.12. The maximum absolute atomic E-state index is 11.6. The van der Waals surface area contributed by atoms with Gasteiger partial charge in [0, 0.05) is 18.7 Å². The number of hydrogen-bond donors (Lipinski definition) is 2. The normalized spacial score (nSPS) is 22.4. The topological polar surface area (TPSA) is 67.6 Å². The molecular weight excluding hydrogens is 254 g/mol. The molecule has 1 aliphatic rings. The molecule has 1 heterocycles. The van der Waals surface area contributed by atoms with Crippen LogP contribution in [-0.2, 0) is 9.53 Å². The van der Waals surface area contributed by atoms with Crippen molar-refractivity contribution in [3.63, 3.8) is 0 Å². The second-order valence-corrected chi connectivity index (χ2v) is 6.45. The molecule has 1 saturated heterocycles. The van der Waals surface area contributed by atoms with Crippen LogP contribution >= 0.6 is 0 Å². The Morgan fingerprint density at radius 1 is 1.50 bits per heavy atom. The number of nitrogens with two attached hydrogens (primary N) is 1. The molecule has 5 nitrogen and oxygen atoms in total. The van der Waals surface area contributed by atoms with Crippen LogP contribution in [-0.4, -0.2) is 55.2 Å². The van der Waals surface area contributed by atoms with Crippen LogP contribution < -0.4 is 11.1 Å². The first-order valence-corrected chi connectivity index (χ1v) is 7.71. The molecule has 0 radical (unpaired) electrons. The average Bonchev–Trinajstić information content (AvgIpc) is 2.87. The van der Waals surface area contributed by atoms with Crippen LogP contribution in [0.25, 0.3) is 0 Å². The van der Waals surface area contributed by atoms with E-state index in [0.29, 0.717) is 6.04 Å². The number of carbonyl (C=O) groups excluding carboxylic acids is 1. The SMILES string of the molecule is CC(C)NC(C)(CCCCN(C)C1CCOC1)C(N)=O. The summed E-state index contributed by atoms with van der Waals surface area (Å²) in [6, 6.07) is 0.817. The largest absolute Gasteiger partial charge is 0.380 e. The van der Waals surface area contributed by atoms with Crippen LogP contribution in [0.1, 0.15) is 46.5 Å². The molecule has 0 aromatic heterocycles. The third kappa shape index (κ3) is 5.38. The first kappa shape index (κ1) is 17.4. The number of hydrogen-bond acceptors (Lipinski definition) is 4. The summed E-state index contributed by atoms with van der Waals surface area (Å²) in [5.41, 5.74) is 4.94. The van der Waals surface area contributed by atoms with Gasteiger partial charge in [0.2, 0.25) is 5.91 Å². The number of nitrogens with zero attached hydrogens (tertiary/aromatic N) is 1. The quantitative estimate of drug-likeness (QED) is 0.623. The summed E-state index contributed by atoms with van der Waals surface area (Å²) in [6.45, 7) is 8.76. The molecule has 1 fully saturated rings. The van der Waals surface area contributed by atoms with Crippen molar-refractivity contribution in [2.45, 2.75) is 64.1 Å². The molecule has 5 heteroatoms. The summed E-state index contributed by atoms with van der Waals surface area (Å²) in [7, 11) is 2.15. The van der Waals surface area contributed by atoms with Gasteiger partial charge in [0.1, 0.15) is 0 Å². The van der Waals surface area contributed by atoms with Gasteiger partial charge in [-0.3, -0.25) is 4.79 Å². The molecular formula is C15H31N3O2. The second kappa shape index (κ2) is 7.96. The average molecular weight is 285 g/mol. The second-order valence-electron chi connectivity index (χ2n) is 6.45. The molecule has 1 aliphatic heterocycles. The van der Waals surface area contributed by atoms with E-state index < -0.39 is 5.54 Å². The molecule has 0 aliphatic carbocycles. The zero-order valence-electron chi connectivity index (χ0n) is 13.4. The highest BCUT2D eigenvalue weighted by Crippen LogP contribution is 2.16. The van der Waals surface area contributed by atoms with Crippen LogP contribution in [0, 0.1) is 0 Å². The number of primary amides is 1. The minimum Gasteiger partial charge on any atom is -0.380 e. The minimum atomic E-state index is -0.594. The number of rotatable bonds is 9. The van der Waals surface area contributed by atoms with E-state index in [9.17, 15) is 4.79 Å². The fourth-order valence-corrected chi connectivity index (χ4v) is 2.80. The van der Waals surface area contributed by atoms with E-state index in [4.69, 9.17) is 10.5 Å². The molecule has 2 atom stereocenters.